The molecule has 5 nitrogen and oxygen atoms in total. The second-order valence-corrected chi connectivity index (χ2v) is 8.26. The highest BCUT2D eigenvalue weighted by Gasteiger charge is 2.23. The lowest BCUT2D eigenvalue weighted by atomic mass is 10.0. The van der Waals surface area contributed by atoms with Gasteiger partial charge in [-0.2, -0.15) is 0 Å². The van der Waals surface area contributed by atoms with Crippen LogP contribution in [0, 0.1) is 5.92 Å². The summed E-state index contributed by atoms with van der Waals surface area (Å²) in [5.41, 5.74) is 2.43. The summed E-state index contributed by atoms with van der Waals surface area (Å²) in [7, 11) is 0. The average molecular weight is 396 g/mol. The van der Waals surface area contributed by atoms with Gasteiger partial charge >= 0.3 is 0 Å². The maximum atomic E-state index is 5.98. The van der Waals surface area contributed by atoms with Gasteiger partial charge in [-0.05, 0) is 50.1 Å². The lowest BCUT2D eigenvalue weighted by molar-refractivity contribution is 0.114. The Morgan fingerprint density at radius 1 is 1.14 bits per heavy atom. The molecule has 1 aromatic heterocycles. The Morgan fingerprint density at radius 2 is 2.07 bits per heavy atom. The zero-order valence-corrected chi connectivity index (χ0v) is 17.3. The summed E-state index contributed by atoms with van der Waals surface area (Å²) in [6.45, 7) is 5.60. The third kappa shape index (κ3) is 6.18. The fraction of sp³-hybridized carbons (Fsp3) is 0.542. The number of hydrogen-bond acceptors (Lipinski definition) is 5. The van der Waals surface area contributed by atoms with Gasteiger partial charge in [0.05, 0.1) is 24.7 Å². The average Bonchev–Trinajstić information content (AvgIpc) is 3.45. The number of ether oxygens (including phenoxy) is 2. The zero-order chi connectivity index (χ0) is 19.7. The molecule has 156 valence electrons. The van der Waals surface area contributed by atoms with E-state index in [1.54, 1.807) is 0 Å². The second-order valence-electron chi connectivity index (χ2n) is 8.26. The predicted octanol–water partition coefficient (Wildman–Crippen LogP) is 4.04. The summed E-state index contributed by atoms with van der Waals surface area (Å²) >= 11 is 0. The van der Waals surface area contributed by atoms with Gasteiger partial charge in [0.2, 0.25) is 0 Å². The molecule has 0 radical (unpaired) electrons. The Labute approximate surface area is 174 Å². The van der Waals surface area contributed by atoms with Crippen LogP contribution in [0.4, 0.5) is 5.69 Å². The minimum Gasteiger partial charge on any atom is -0.490 e. The molecule has 0 unspecified atom stereocenters. The van der Waals surface area contributed by atoms with Crippen LogP contribution in [0.1, 0.15) is 37.7 Å². The van der Waals surface area contributed by atoms with Crippen molar-refractivity contribution in [3.05, 3.63) is 54.4 Å². The smallest absolute Gasteiger partial charge is 0.139 e. The van der Waals surface area contributed by atoms with Gasteiger partial charge in [0.1, 0.15) is 12.4 Å². The molecule has 0 amide bonds. The summed E-state index contributed by atoms with van der Waals surface area (Å²) in [5, 5.41) is 3.47. The number of aromatic nitrogens is 1. The topological polar surface area (TPSA) is 46.6 Å². The largest absolute Gasteiger partial charge is 0.490 e. The summed E-state index contributed by atoms with van der Waals surface area (Å²) in [6, 6.07) is 13.0. The van der Waals surface area contributed by atoms with E-state index in [1.807, 2.05) is 18.5 Å². The Hall–Kier alpha value is -2.11. The molecule has 2 atom stereocenters. The molecular formula is C24H33N3O2. The van der Waals surface area contributed by atoms with Crippen molar-refractivity contribution in [1.29, 1.82) is 0 Å². The number of hydrogen-bond donors (Lipinski definition) is 1. The van der Waals surface area contributed by atoms with Crippen LogP contribution in [0.15, 0.2) is 48.8 Å². The second kappa shape index (κ2) is 10.6. The van der Waals surface area contributed by atoms with Crippen molar-refractivity contribution in [2.75, 3.05) is 37.7 Å². The van der Waals surface area contributed by atoms with Gasteiger partial charge in [-0.3, -0.25) is 4.98 Å². The molecule has 0 aliphatic carbocycles. The summed E-state index contributed by atoms with van der Waals surface area (Å²) in [6.07, 6.45) is 9.84. The number of benzene rings is 1. The van der Waals surface area contributed by atoms with Crippen molar-refractivity contribution >= 4 is 5.69 Å². The predicted molar refractivity (Wildman–Crippen MR) is 116 cm³/mol. The SMILES string of the molecule is c1ccc(COCCC[C@@H]2CCN(c3cncc(OC[C@@H]4CCCN4)c3)C2)cc1. The summed E-state index contributed by atoms with van der Waals surface area (Å²) in [4.78, 5) is 6.86. The molecule has 1 N–H and O–H groups in total. The van der Waals surface area contributed by atoms with E-state index in [9.17, 15) is 0 Å². The monoisotopic (exact) mass is 395 g/mol. The minimum atomic E-state index is 0.485. The molecule has 2 saturated heterocycles. The molecule has 0 spiro atoms. The van der Waals surface area contributed by atoms with Crippen LogP contribution in [0.2, 0.25) is 0 Å². The Kier molecular flexibility index (Phi) is 7.38. The van der Waals surface area contributed by atoms with Gasteiger partial charge in [0, 0.05) is 31.8 Å². The highest BCUT2D eigenvalue weighted by molar-refractivity contribution is 5.49. The van der Waals surface area contributed by atoms with Crippen molar-refractivity contribution < 1.29 is 9.47 Å². The third-order valence-electron chi connectivity index (χ3n) is 5.98. The minimum absolute atomic E-state index is 0.485. The first-order valence-electron chi connectivity index (χ1n) is 11.0. The summed E-state index contributed by atoms with van der Waals surface area (Å²) in [5.74, 6) is 1.62. The van der Waals surface area contributed by atoms with Crippen molar-refractivity contribution in [3.8, 4) is 5.75 Å². The van der Waals surface area contributed by atoms with Crippen LogP contribution >= 0.6 is 0 Å². The van der Waals surface area contributed by atoms with Gasteiger partial charge in [-0.1, -0.05) is 30.3 Å². The van der Waals surface area contributed by atoms with Crippen LogP contribution in [-0.4, -0.2) is 43.9 Å². The Morgan fingerprint density at radius 3 is 2.93 bits per heavy atom. The molecule has 0 saturated carbocycles. The van der Waals surface area contributed by atoms with E-state index >= 15 is 0 Å². The fourth-order valence-electron chi connectivity index (χ4n) is 4.30. The van der Waals surface area contributed by atoms with Crippen molar-refractivity contribution in [1.82, 2.24) is 10.3 Å². The Bertz CT molecular complexity index is 734. The zero-order valence-electron chi connectivity index (χ0n) is 17.3. The molecule has 1 aromatic carbocycles. The van der Waals surface area contributed by atoms with Crippen molar-refractivity contribution in [2.45, 2.75) is 44.8 Å². The first-order chi connectivity index (χ1) is 14.4. The quantitative estimate of drug-likeness (QED) is 0.615. The molecular weight excluding hydrogens is 362 g/mol. The lowest BCUT2D eigenvalue weighted by Gasteiger charge is -2.19. The van der Waals surface area contributed by atoms with E-state index in [1.165, 1.54) is 36.9 Å². The van der Waals surface area contributed by atoms with Gasteiger partial charge in [0.25, 0.3) is 0 Å². The van der Waals surface area contributed by atoms with E-state index in [0.717, 1.165) is 50.9 Å². The van der Waals surface area contributed by atoms with Crippen LogP contribution in [0.25, 0.3) is 0 Å². The number of nitrogens with zero attached hydrogens (tertiary/aromatic N) is 2. The molecule has 2 aromatic rings. The molecule has 2 aliphatic heterocycles. The van der Waals surface area contributed by atoms with Crippen LogP contribution in [0.5, 0.6) is 5.75 Å². The summed E-state index contributed by atoms with van der Waals surface area (Å²) < 4.78 is 11.8. The maximum Gasteiger partial charge on any atom is 0.139 e. The molecule has 4 rings (SSSR count). The van der Waals surface area contributed by atoms with Crippen molar-refractivity contribution in [2.24, 2.45) is 5.92 Å². The van der Waals surface area contributed by atoms with E-state index in [2.05, 4.69) is 45.5 Å². The van der Waals surface area contributed by atoms with Gasteiger partial charge in [-0.25, -0.2) is 0 Å². The van der Waals surface area contributed by atoms with Crippen LogP contribution < -0.4 is 15.0 Å². The maximum absolute atomic E-state index is 5.98. The molecule has 29 heavy (non-hydrogen) atoms. The molecule has 2 fully saturated rings. The molecule has 5 heteroatoms. The van der Waals surface area contributed by atoms with Crippen LogP contribution in [0.3, 0.4) is 0 Å². The molecule has 0 bridgehead atoms. The number of nitrogens with one attached hydrogen (secondary N) is 1. The lowest BCUT2D eigenvalue weighted by Crippen LogP contribution is -2.28. The van der Waals surface area contributed by atoms with Gasteiger partial charge in [0.15, 0.2) is 0 Å². The van der Waals surface area contributed by atoms with E-state index in [0.29, 0.717) is 12.6 Å². The van der Waals surface area contributed by atoms with Gasteiger partial charge in [-0.15, -0.1) is 0 Å². The number of anilines is 1. The number of pyridine rings is 1. The number of rotatable bonds is 10. The first-order valence-corrected chi connectivity index (χ1v) is 11.0. The van der Waals surface area contributed by atoms with E-state index < -0.39 is 0 Å². The fourth-order valence-corrected chi connectivity index (χ4v) is 4.30. The van der Waals surface area contributed by atoms with Gasteiger partial charge < -0.3 is 19.7 Å². The molecule has 2 aliphatic rings. The third-order valence-corrected chi connectivity index (χ3v) is 5.98. The van der Waals surface area contributed by atoms with E-state index in [4.69, 9.17) is 9.47 Å². The normalized spacial score (nSPS) is 21.6. The van der Waals surface area contributed by atoms with E-state index in [-0.39, 0.29) is 0 Å². The van der Waals surface area contributed by atoms with Crippen molar-refractivity contribution in [3.63, 3.8) is 0 Å². The first kappa shape index (κ1) is 20.2. The Balaban J connectivity index is 1.16. The highest BCUT2D eigenvalue weighted by Crippen LogP contribution is 2.28. The molecule has 3 heterocycles. The standard InChI is InChI=1S/C24H33N3O2/c1-2-6-21(7-3-1)18-28-13-5-8-20-10-12-27(17-20)23-14-24(16-25-15-23)29-19-22-9-4-11-26-22/h1-3,6-7,14-16,20,22,26H,4-5,8-13,17-19H2/t20-,22+/m1/s1. The highest BCUT2D eigenvalue weighted by atomic mass is 16.5. The van der Waals surface area contributed by atoms with Crippen LogP contribution in [-0.2, 0) is 11.3 Å².